The molecule has 0 aliphatic heterocycles. The van der Waals surface area contributed by atoms with E-state index in [0.29, 0.717) is 6.54 Å². The van der Waals surface area contributed by atoms with Gasteiger partial charge in [0, 0.05) is 15.8 Å². The Kier molecular flexibility index (Phi) is 4.50. The van der Waals surface area contributed by atoms with Crippen LogP contribution in [0.15, 0.2) is 29.6 Å². The minimum atomic E-state index is -0.970. The van der Waals surface area contributed by atoms with Crippen LogP contribution in [0.3, 0.4) is 0 Å². The van der Waals surface area contributed by atoms with E-state index in [0.717, 1.165) is 16.5 Å². The van der Waals surface area contributed by atoms with Crippen molar-refractivity contribution in [1.82, 2.24) is 0 Å². The molecule has 19 heavy (non-hydrogen) atoms. The van der Waals surface area contributed by atoms with E-state index in [-0.39, 0.29) is 12.4 Å². The van der Waals surface area contributed by atoms with Crippen LogP contribution in [0.2, 0.25) is 0 Å². The summed E-state index contributed by atoms with van der Waals surface area (Å²) >= 11 is 1.44. The predicted octanol–water partition coefficient (Wildman–Crippen LogP) is 2.92. The van der Waals surface area contributed by atoms with Crippen LogP contribution < -0.4 is 10.5 Å². The fourth-order valence-corrected chi connectivity index (χ4v) is 2.15. The van der Waals surface area contributed by atoms with Crippen LogP contribution in [0, 0.1) is 23.5 Å². The molecule has 0 atom stereocenters. The first-order chi connectivity index (χ1) is 9.20. The first-order valence-corrected chi connectivity index (χ1v) is 6.42. The van der Waals surface area contributed by atoms with Crippen LogP contribution in [0.1, 0.15) is 10.4 Å². The van der Waals surface area contributed by atoms with Gasteiger partial charge in [-0.05, 0) is 18.2 Å². The van der Waals surface area contributed by atoms with Crippen LogP contribution in [-0.2, 0) is 6.61 Å². The minimum absolute atomic E-state index is 0.0945. The van der Waals surface area contributed by atoms with Crippen LogP contribution in [0.25, 0.3) is 0 Å². The van der Waals surface area contributed by atoms with Gasteiger partial charge in [0.2, 0.25) is 5.82 Å². The Bertz CT molecular complexity index is 628. The maximum absolute atomic E-state index is 13.3. The second-order valence-electron chi connectivity index (χ2n) is 3.65. The van der Waals surface area contributed by atoms with Crippen molar-refractivity contribution in [3.63, 3.8) is 0 Å². The zero-order valence-electron chi connectivity index (χ0n) is 9.95. The highest BCUT2D eigenvalue weighted by atomic mass is 32.1. The van der Waals surface area contributed by atoms with E-state index in [4.69, 9.17) is 10.5 Å². The smallest absolute Gasteiger partial charge is 0.200 e. The van der Waals surface area contributed by atoms with Gasteiger partial charge in [0.1, 0.15) is 6.61 Å². The fraction of sp³-hybridized carbons (Fsp3) is 0.143. The third-order valence-corrected chi connectivity index (χ3v) is 3.18. The molecule has 5 heteroatoms. The van der Waals surface area contributed by atoms with Crippen LogP contribution in [0.5, 0.6) is 5.75 Å². The minimum Gasteiger partial charge on any atom is -0.485 e. The third kappa shape index (κ3) is 3.53. The van der Waals surface area contributed by atoms with Gasteiger partial charge < -0.3 is 10.5 Å². The quantitative estimate of drug-likeness (QED) is 0.877. The van der Waals surface area contributed by atoms with Crippen molar-refractivity contribution in [2.45, 2.75) is 6.61 Å². The SMILES string of the molecule is NCC#Cc1csc(COc2cccc(F)c2F)c1. The van der Waals surface area contributed by atoms with E-state index in [1.54, 1.807) is 0 Å². The lowest BCUT2D eigenvalue weighted by Gasteiger charge is -2.05. The summed E-state index contributed by atoms with van der Waals surface area (Å²) in [6.45, 7) is 0.478. The summed E-state index contributed by atoms with van der Waals surface area (Å²) < 4.78 is 31.6. The molecule has 98 valence electrons. The molecule has 2 N–H and O–H groups in total. The zero-order valence-corrected chi connectivity index (χ0v) is 10.8. The number of nitrogens with two attached hydrogens (primary N) is 1. The van der Waals surface area contributed by atoms with Gasteiger partial charge in [0.05, 0.1) is 6.54 Å². The summed E-state index contributed by atoms with van der Waals surface area (Å²) in [6.07, 6.45) is 0. The highest BCUT2D eigenvalue weighted by Crippen LogP contribution is 2.22. The Balaban J connectivity index is 2.02. The van der Waals surface area contributed by atoms with E-state index in [9.17, 15) is 8.78 Å². The van der Waals surface area contributed by atoms with Crippen LogP contribution >= 0.6 is 11.3 Å². The Labute approximate surface area is 113 Å². The fourth-order valence-electron chi connectivity index (χ4n) is 1.42. The monoisotopic (exact) mass is 279 g/mol. The van der Waals surface area contributed by atoms with Gasteiger partial charge >= 0.3 is 0 Å². The molecule has 0 saturated carbocycles. The molecule has 0 aliphatic rings. The molecule has 2 aromatic rings. The number of rotatable bonds is 3. The molecule has 2 rings (SSSR count). The van der Waals surface area contributed by atoms with Crippen molar-refractivity contribution in [2.75, 3.05) is 6.54 Å². The predicted molar refractivity (Wildman–Crippen MR) is 70.9 cm³/mol. The molecule has 0 radical (unpaired) electrons. The normalized spacial score (nSPS) is 9.84. The molecular formula is C14H11F2NOS. The molecule has 0 saturated heterocycles. The van der Waals surface area contributed by atoms with Gasteiger partial charge in [0.15, 0.2) is 11.6 Å². The highest BCUT2D eigenvalue weighted by molar-refractivity contribution is 7.10. The van der Waals surface area contributed by atoms with E-state index in [1.165, 1.54) is 23.5 Å². The molecule has 2 nitrogen and oxygen atoms in total. The van der Waals surface area contributed by atoms with Crippen molar-refractivity contribution in [2.24, 2.45) is 5.73 Å². The van der Waals surface area contributed by atoms with Gasteiger partial charge in [0.25, 0.3) is 0 Å². The zero-order chi connectivity index (χ0) is 13.7. The van der Waals surface area contributed by atoms with E-state index >= 15 is 0 Å². The molecule has 0 aliphatic carbocycles. The van der Waals surface area contributed by atoms with Crippen molar-refractivity contribution in [1.29, 1.82) is 0 Å². The van der Waals surface area contributed by atoms with Crippen LogP contribution in [-0.4, -0.2) is 6.54 Å². The molecule has 0 spiro atoms. The van der Waals surface area contributed by atoms with Gasteiger partial charge in [-0.25, -0.2) is 4.39 Å². The van der Waals surface area contributed by atoms with Gasteiger partial charge in [-0.3, -0.25) is 0 Å². The second kappa shape index (κ2) is 6.32. The third-order valence-electron chi connectivity index (χ3n) is 2.27. The van der Waals surface area contributed by atoms with Gasteiger partial charge in [-0.2, -0.15) is 4.39 Å². The Hall–Kier alpha value is -1.90. The number of ether oxygens (including phenoxy) is 1. The Morgan fingerprint density at radius 3 is 2.95 bits per heavy atom. The van der Waals surface area contributed by atoms with E-state index in [1.807, 2.05) is 11.4 Å². The van der Waals surface area contributed by atoms with Crippen molar-refractivity contribution in [3.05, 3.63) is 51.7 Å². The number of halogens is 2. The second-order valence-corrected chi connectivity index (χ2v) is 4.64. The molecule has 0 bridgehead atoms. The Morgan fingerprint density at radius 2 is 2.16 bits per heavy atom. The van der Waals surface area contributed by atoms with Gasteiger partial charge in [-0.1, -0.05) is 17.9 Å². The number of thiophene rings is 1. The first kappa shape index (κ1) is 13.5. The molecule has 0 fully saturated rings. The summed E-state index contributed by atoms with van der Waals surface area (Å²) in [6, 6.07) is 5.68. The maximum Gasteiger partial charge on any atom is 0.200 e. The van der Waals surface area contributed by atoms with Crippen molar-refractivity contribution in [3.8, 4) is 17.6 Å². The van der Waals surface area contributed by atoms with Gasteiger partial charge in [-0.15, -0.1) is 11.3 Å². The standard InChI is InChI=1S/C14H11F2NOS/c15-12-4-1-5-13(14(12)16)18-8-11-7-10(9-19-11)3-2-6-17/h1,4-5,7,9H,6,8,17H2. The Morgan fingerprint density at radius 1 is 1.32 bits per heavy atom. The summed E-state index contributed by atoms with van der Waals surface area (Å²) in [5.41, 5.74) is 6.12. The lowest BCUT2D eigenvalue weighted by atomic mass is 10.3. The number of hydrogen-bond donors (Lipinski definition) is 1. The molecule has 1 aromatic carbocycles. The van der Waals surface area contributed by atoms with Crippen molar-refractivity contribution >= 4 is 11.3 Å². The largest absolute Gasteiger partial charge is 0.485 e. The maximum atomic E-state index is 13.3. The number of hydrogen-bond acceptors (Lipinski definition) is 3. The van der Waals surface area contributed by atoms with E-state index < -0.39 is 11.6 Å². The molecule has 1 aromatic heterocycles. The highest BCUT2D eigenvalue weighted by Gasteiger charge is 2.09. The molecule has 0 unspecified atom stereocenters. The summed E-state index contributed by atoms with van der Waals surface area (Å²) in [4.78, 5) is 0.880. The first-order valence-electron chi connectivity index (χ1n) is 5.54. The molecular weight excluding hydrogens is 268 g/mol. The van der Waals surface area contributed by atoms with E-state index in [2.05, 4.69) is 11.8 Å². The lowest BCUT2D eigenvalue weighted by molar-refractivity contribution is 0.287. The lowest BCUT2D eigenvalue weighted by Crippen LogP contribution is -1.97. The molecule has 1 heterocycles. The topological polar surface area (TPSA) is 35.2 Å². The number of benzene rings is 1. The summed E-state index contributed by atoms with van der Waals surface area (Å²) in [7, 11) is 0. The average molecular weight is 279 g/mol. The van der Waals surface area contributed by atoms with Crippen LogP contribution in [0.4, 0.5) is 8.78 Å². The van der Waals surface area contributed by atoms with Crippen molar-refractivity contribution < 1.29 is 13.5 Å². The average Bonchev–Trinajstić information content (AvgIpc) is 2.86. The molecule has 0 amide bonds. The summed E-state index contributed by atoms with van der Waals surface area (Å²) in [5.74, 6) is 3.65. The summed E-state index contributed by atoms with van der Waals surface area (Å²) in [5, 5.41) is 1.86.